The second kappa shape index (κ2) is 37.2. The van der Waals surface area contributed by atoms with E-state index in [0.29, 0.717) is 32.1 Å². The molecule has 12 amide bonds. The molecular formula is C76H124N12O14. The van der Waals surface area contributed by atoms with Crippen LogP contribution in [0, 0.1) is 47.3 Å². The first-order chi connectivity index (χ1) is 47.7. The average molecular weight is 1430 g/mol. The van der Waals surface area contributed by atoms with Gasteiger partial charge in [-0.25, -0.2) is 0 Å². The van der Waals surface area contributed by atoms with Crippen molar-refractivity contribution in [2.75, 3.05) is 61.9 Å². The van der Waals surface area contributed by atoms with Crippen LogP contribution in [0.15, 0.2) is 30.3 Å². The summed E-state index contributed by atoms with van der Waals surface area (Å²) < 4.78 is 6.07. The largest absolute Gasteiger partial charge is 0.452 e. The molecule has 572 valence electrons. The van der Waals surface area contributed by atoms with Crippen molar-refractivity contribution in [3.05, 3.63) is 35.9 Å². The van der Waals surface area contributed by atoms with Crippen LogP contribution in [-0.2, 0) is 73.5 Å². The SMILES string of the molecule is CCC[C@@H]1NC(=O)[C@H](Cc2ccccc2)N(C)C(=O)[C@@H]2CCCN2C(=O)[C@H](C(C)C)N(C)C(=O)[C@@H]2CCCN2C(=O)[C@H]([C@@H](C)CC)NC(=O)[C@@H](C(C)C)N(C)C(=O)[C@@H]2CCCN2C(=O)[C@H](C(C)C)N(C)C(=O)[C@@H](C(C)C)N(C)C(=O)[C@H](C(C)C)NC(=O)[C@H](C)N(C)C(=O)[C@@H](C(C)C)OC(=O)[C@H]1C. The number of nitrogens with one attached hydrogen (secondary N) is 3. The van der Waals surface area contributed by atoms with Crippen LogP contribution in [0.4, 0.5) is 0 Å². The molecule has 5 rings (SSSR count). The van der Waals surface area contributed by atoms with Gasteiger partial charge in [0.05, 0.1) is 5.92 Å². The Bertz CT molecular complexity index is 3140. The minimum atomic E-state index is -1.41. The summed E-state index contributed by atoms with van der Waals surface area (Å²) in [4.78, 5) is 207. The molecule has 0 bridgehead atoms. The van der Waals surface area contributed by atoms with Crippen molar-refractivity contribution in [2.45, 2.75) is 261 Å². The van der Waals surface area contributed by atoms with Gasteiger partial charge in [0, 0.05) is 74.4 Å². The normalized spacial score (nSPS) is 29.4. The summed E-state index contributed by atoms with van der Waals surface area (Å²) in [5.41, 5.74) is 0.724. The maximum atomic E-state index is 15.3. The van der Waals surface area contributed by atoms with E-state index in [0.717, 1.165) is 10.5 Å². The van der Waals surface area contributed by atoms with E-state index < -0.39 is 203 Å². The lowest BCUT2D eigenvalue weighted by Gasteiger charge is -2.41. The maximum Gasteiger partial charge on any atom is 0.311 e. The predicted molar refractivity (Wildman–Crippen MR) is 388 cm³/mol. The topological polar surface area (TPSA) is 296 Å². The van der Waals surface area contributed by atoms with E-state index in [9.17, 15) is 24.0 Å². The molecule has 4 aliphatic rings. The third kappa shape index (κ3) is 19.4. The zero-order valence-electron chi connectivity index (χ0n) is 65.4. The van der Waals surface area contributed by atoms with Crippen LogP contribution in [0.1, 0.15) is 181 Å². The van der Waals surface area contributed by atoms with Gasteiger partial charge in [-0.3, -0.25) is 62.3 Å². The number of hydrogen-bond donors (Lipinski definition) is 3. The summed E-state index contributed by atoms with van der Waals surface area (Å²) in [6.07, 6.45) is 1.98. The van der Waals surface area contributed by atoms with Crippen LogP contribution in [0.2, 0.25) is 0 Å². The molecule has 0 radical (unpaired) electrons. The zero-order valence-corrected chi connectivity index (χ0v) is 65.4. The second-order valence-electron chi connectivity index (χ2n) is 31.3. The van der Waals surface area contributed by atoms with Crippen LogP contribution in [0.25, 0.3) is 0 Å². The Balaban J connectivity index is 1.61. The number of fused-ring (bicyclic) bond motifs is 3. The molecule has 0 unspecified atom stereocenters. The lowest BCUT2D eigenvalue weighted by Crippen LogP contribution is -2.63. The number of benzene rings is 1. The quantitative estimate of drug-likeness (QED) is 0.233. The number of likely N-dealkylation sites (N-methyl/N-ethyl adjacent to an activating group) is 6. The summed E-state index contributed by atoms with van der Waals surface area (Å²) >= 11 is 0. The number of nitrogens with zero attached hydrogens (tertiary/aromatic N) is 9. The Hall–Kier alpha value is -7.67. The number of rotatable bonds is 12. The fourth-order valence-corrected chi connectivity index (χ4v) is 15.3. The highest BCUT2D eigenvalue weighted by molar-refractivity contribution is 6.00. The fraction of sp³-hybridized carbons (Fsp3) is 0.750. The van der Waals surface area contributed by atoms with Gasteiger partial charge in [-0.05, 0) is 106 Å². The van der Waals surface area contributed by atoms with Gasteiger partial charge in [0.2, 0.25) is 65.0 Å². The van der Waals surface area contributed by atoms with E-state index in [2.05, 4.69) is 16.0 Å². The number of amides is 12. The van der Waals surface area contributed by atoms with Gasteiger partial charge in [-0.1, -0.05) is 147 Å². The second-order valence-corrected chi connectivity index (χ2v) is 31.3. The van der Waals surface area contributed by atoms with Gasteiger partial charge >= 0.3 is 5.97 Å². The van der Waals surface area contributed by atoms with Crippen molar-refractivity contribution in [1.29, 1.82) is 0 Å². The van der Waals surface area contributed by atoms with Gasteiger partial charge in [-0.15, -0.1) is 0 Å². The molecular weight excluding hydrogens is 1300 g/mol. The Morgan fingerprint density at radius 3 is 1.26 bits per heavy atom. The highest BCUT2D eigenvalue weighted by Gasteiger charge is 2.50. The van der Waals surface area contributed by atoms with Gasteiger partial charge < -0.3 is 64.8 Å². The van der Waals surface area contributed by atoms with Gasteiger partial charge in [0.15, 0.2) is 6.10 Å². The molecule has 0 saturated carbocycles. The minimum Gasteiger partial charge on any atom is -0.452 e. The fourth-order valence-electron chi connectivity index (χ4n) is 15.3. The molecule has 0 aromatic heterocycles. The third-order valence-electron chi connectivity index (χ3n) is 21.8. The molecule has 102 heavy (non-hydrogen) atoms. The van der Waals surface area contributed by atoms with Crippen molar-refractivity contribution in [1.82, 2.24) is 60.0 Å². The summed E-state index contributed by atoms with van der Waals surface area (Å²) in [7, 11) is 8.86. The lowest BCUT2D eigenvalue weighted by atomic mass is 9.94. The summed E-state index contributed by atoms with van der Waals surface area (Å²) in [5.74, 6) is -12.4. The average Bonchev–Trinajstić information content (AvgIpc) is 1.24. The van der Waals surface area contributed by atoms with Crippen molar-refractivity contribution >= 4 is 76.9 Å². The highest BCUT2D eigenvalue weighted by Crippen LogP contribution is 2.32. The van der Waals surface area contributed by atoms with Crippen molar-refractivity contribution in [3.63, 3.8) is 0 Å². The standard InChI is InChI=1S/C76H124N12O14/c1-24-32-52-49(16)76(101)102-63(47(13)14)75(100)80(18)50(17)64(89)78-57(42(3)4)70(95)84(22)60(44(7)8)72(97)85(23)62(46(11)12)74(99)88-40-31-37-55(88)68(93)82(20)59(43(5)6)66(91)79-58(48(15)25-2)71(96)86-38-29-36-54(86)69(94)83(21)61(45(9)10)73(98)87-39-30-35-53(87)67(92)81(19)56(65(90)77-52)41-51-33-27-26-28-34-51/h26-28,33-34,42-50,52-63H,24-25,29-32,35-41H2,1-23H3,(H,77,90)(H,78,89)(H,79,91)/t48-,49-,50-,52-,53-,54-,55-,56-,57-,58-,59+,60+,61-,62-,63+/m0/s1. The van der Waals surface area contributed by atoms with E-state index in [1.165, 1.54) is 88.4 Å². The molecule has 15 atom stereocenters. The molecule has 1 aromatic carbocycles. The molecule has 4 aliphatic heterocycles. The molecule has 26 heteroatoms. The number of esters is 1. The van der Waals surface area contributed by atoms with Crippen LogP contribution >= 0.6 is 0 Å². The molecule has 0 aliphatic carbocycles. The highest BCUT2D eigenvalue weighted by atomic mass is 16.5. The maximum absolute atomic E-state index is 15.3. The lowest BCUT2D eigenvalue weighted by molar-refractivity contribution is -0.168. The van der Waals surface area contributed by atoms with Crippen molar-refractivity contribution < 1.29 is 67.1 Å². The minimum absolute atomic E-state index is 0.0497. The van der Waals surface area contributed by atoms with Gasteiger partial charge in [0.25, 0.3) is 5.91 Å². The summed E-state index contributed by atoms with van der Waals surface area (Å²) in [5, 5.41) is 8.91. The number of carbonyl (C=O) groups is 13. The van der Waals surface area contributed by atoms with Crippen LogP contribution in [0.3, 0.4) is 0 Å². The molecule has 4 fully saturated rings. The number of hydrogen-bond acceptors (Lipinski definition) is 14. The van der Waals surface area contributed by atoms with E-state index in [4.69, 9.17) is 4.74 Å². The summed E-state index contributed by atoms with van der Waals surface area (Å²) in [6, 6.07) is -4.14. The van der Waals surface area contributed by atoms with E-state index in [1.807, 2.05) is 51.1 Å². The van der Waals surface area contributed by atoms with Crippen LogP contribution in [0.5, 0.6) is 0 Å². The smallest absolute Gasteiger partial charge is 0.311 e. The number of ether oxygens (including phenoxy) is 1. The number of cyclic esters (lactones) is 1. The summed E-state index contributed by atoms with van der Waals surface area (Å²) in [6.45, 7) is 30.2. The van der Waals surface area contributed by atoms with Crippen LogP contribution in [-0.4, -0.2) is 261 Å². The predicted octanol–water partition coefficient (Wildman–Crippen LogP) is 4.98. The Kier molecular flexibility index (Phi) is 31.0. The van der Waals surface area contributed by atoms with Gasteiger partial charge in [-0.2, -0.15) is 0 Å². The molecule has 3 N–H and O–H groups in total. The molecule has 26 nitrogen and oxygen atoms in total. The first kappa shape index (κ1) is 85.0. The Labute approximate surface area is 607 Å². The van der Waals surface area contributed by atoms with E-state index in [-0.39, 0.29) is 51.7 Å². The first-order valence-corrected chi connectivity index (χ1v) is 37.4. The zero-order chi connectivity index (χ0) is 77.0. The molecule has 4 saturated heterocycles. The number of carbonyl (C=O) groups excluding carboxylic acids is 13. The van der Waals surface area contributed by atoms with Crippen LogP contribution < -0.4 is 16.0 Å². The van der Waals surface area contributed by atoms with Gasteiger partial charge in [0.1, 0.15) is 66.5 Å². The van der Waals surface area contributed by atoms with Crippen molar-refractivity contribution in [2.24, 2.45) is 47.3 Å². The molecule has 4 heterocycles. The van der Waals surface area contributed by atoms with E-state index >= 15 is 38.4 Å². The molecule has 0 spiro atoms. The monoisotopic (exact) mass is 1430 g/mol. The third-order valence-corrected chi connectivity index (χ3v) is 21.8. The Morgan fingerprint density at radius 2 is 0.833 bits per heavy atom. The first-order valence-electron chi connectivity index (χ1n) is 37.4. The van der Waals surface area contributed by atoms with E-state index in [1.54, 1.807) is 90.0 Å². The Morgan fingerprint density at radius 1 is 0.422 bits per heavy atom. The van der Waals surface area contributed by atoms with Crippen molar-refractivity contribution in [3.8, 4) is 0 Å². The molecule has 1 aromatic rings.